The van der Waals surface area contributed by atoms with Crippen LogP contribution in [0.15, 0.2) is 88.7 Å². The maximum atomic E-state index is 12.8. The third-order valence-corrected chi connectivity index (χ3v) is 4.14. The second kappa shape index (κ2) is 6.20. The molecule has 0 bridgehead atoms. The van der Waals surface area contributed by atoms with Crippen LogP contribution in [-0.4, -0.2) is 11.6 Å². The average Bonchev–Trinajstić information content (AvgIpc) is 2.68. The third-order valence-electron chi connectivity index (χ3n) is 4.14. The van der Waals surface area contributed by atoms with Gasteiger partial charge in [-0.15, -0.1) is 0 Å². The number of ketones is 2. The van der Waals surface area contributed by atoms with Crippen molar-refractivity contribution in [2.75, 3.05) is 0 Å². The lowest BCUT2D eigenvalue weighted by atomic mass is 9.81. The van der Waals surface area contributed by atoms with Crippen LogP contribution in [-0.2, 0) is 4.79 Å². The second-order valence-corrected chi connectivity index (χ2v) is 5.64. The summed E-state index contributed by atoms with van der Waals surface area (Å²) in [5.41, 5.74) is 9.94. The number of benzene rings is 2. The van der Waals surface area contributed by atoms with Crippen LogP contribution in [0, 0.1) is 0 Å². The lowest BCUT2D eigenvalue weighted by Crippen LogP contribution is -2.25. The van der Waals surface area contributed by atoms with E-state index in [9.17, 15) is 9.59 Å². The second-order valence-electron chi connectivity index (χ2n) is 5.64. The van der Waals surface area contributed by atoms with E-state index in [0.29, 0.717) is 16.9 Å². The maximum Gasteiger partial charge on any atom is 0.199 e. The van der Waals surface area contributed by atoms with E-state index in [4.69, 9.17) is 10.3 Å². The predicted molar refractivity (Wildman–Crippen MR) is 95.1 cm³/mol. The minimum Gasteiger partial charge on any atom is -0.456 e. The molecule has 0 aromatic heterocycles. The number of ether oxygens (including phenoxy) is 1. The van der Waals surface area contributed by atoms with Crippen LogP contribution >= 0.6 is 0 Å². The number of allylic oxidation sites excluding steroid dienone is 4. The van der Waals surface area contributed by atoms with Gasteiger partial charge in [0, 0.05) is 21.6 Å². The Morgan fingerprint density at radius 1 is 0.846 bits per heavy atom. The first-order chi connectivity index (χ1) is 12.7. The van der Waals surface area contributed by atoms with Crippen molar-refractivity contribution in [2.45, 2.75) is 0 Å². The zero-order valence-corrected chi connectivity index (χ0v) is 13.4. The van der Waals surface area contributed by atoms with Crippen molar-refractivity contribution < 1.29 is 14.3 Å². The molecular weight excluding hydrogens is 330 g/mol. The van der Waals surface area contributed by atoms with E-state index in [1.165, 1.54) is 12.2 Å². The topological polar surface area (TPSA) is 92.1 Å². The fourth-order valence-electron chi connectivity index (χ4n) is 2.98. The summed E-state index contributed by atoms with van der Waals surface area (Å²) in [4.78, 5) is 28.3. The molecule has 26 heavy (non-hydrogen) atoms. The van der Waals surface area contributed by atoms with Gasteiger partial charge in [0.25, 0.3) is 0 Å². The molecule has 2 aromatic carbocycles. The summed E-state index contributed by atoms with van der Waals surface area (Å²) in [6.45, 7) is 0. The number of nitrogens with zero attached hydrogens (tertiary/aromatic N) is 3. The van der Waals surface area contributed by atoms with Gasteiger partial charge < -0.3 is 4.74 Å². The molecule has 2 aromatic rings. The summed E-state index contributed by atoms with van der Waals surface area (Å²) >= 11 is 0. The first-order valence-corrected chi connectivity index (χ1v) is 7.84. The van der Waals surface area contributed by atoms with Crippen molar-refractivity contribution in [3.05, 3.63) is 105 Å². The smallest absolute Gasteiger partial charge is 0.199 e. The molecule has 0 atom stereocenters. The fraction of sp³-hybridized carbons (Fsp3) is 0. The number of carbonyl (C=O) groups excluding carboxylic acids is 2. The van der Waals surface area contributed by atoms with E-state index < -0.39 is 5.78 Å². The summed E-state index contributed by atoms with van der Waals surface area (Å²) in [6, 6.07) is 15.9. The summed E-state index contributed by atoms with van der Waals surface area (Å²) in [5.74, 6) is 0.0160. The SMILES string of the molecule is [N-]=[N+]=NC1=CC=C2C(=O)c3ccccc3C(Oc3ccccc3)=C2C1=O. The summed E-state index contributed by atoms with van der Waals surface area (Å²) < 4.78 is 6.00. The summed E-state index contributed by atoms with van der Waals surface area (Å²) in [5, 5.41) is 3.42. The molecule has 0 spiro atoms. The highest BCUT2D eigenvalue weighted by atomic mass is 16.5. The molecule has 0 saturated heterocycles. The zero-order valence-electron chi connectivity index (χ0n) is 13.4. The Kier molecular flexibility index (Phi) is 3.73. The van der Waals surface area contributed by atoms with Crippen LogP contribution < -0.4 is 4.74 Å². The quantitative estimate of drug-likeness (QED) is 0.471. The van der Waals surface area contributed by atoms with Crippen LogP contribution in [0.2, 0.25) is 0 Å². The Balaban J connectivity index is 1.97. The summed E-state index contributed by atoms with van der Waals surface area (Å²) in [6.07, 6.45) is 2.85. The lowest BCUT2D eigenvalue weighted by molar-refractivity contribution is -0.112. The molecule has 6 heteroatoms. The van der Waals surface area contributed by atoms with Gasteiger partial charge in [0.1, 0.15) is 11.5 Å². The maximum absolute atomic E-state index is 12.8. The van der Waals surface area contributed by atoms with E-state index in [1.54, 1.807) is 36.4 Å². The van der Waals surface area contributed by atoms with Gasteiger partial charge in [-0.1, -0.05) is 47.6 Å². The molecular formula is C20H11N3O3. The first kappa shape index (κ1) is 15.6. The van der Waals surface area contributed by atoms with Crippen LogP contribution in [0.1, 0.15) is 15.9 Å². The predicted octanol–water partition coefficient (Wildman–Crippen LogP) is 4.38. The van der Waals surface area contributed by atoms with Crippen molar-refractivity contribution >= 4 is 17.3 Å². The molecule has 2 aliphatic rings. The van der Waals surface area contributed by atoms with Gasteiger partial charge in [-0.3, -0.25) is 9.59 Å². The van der Waals surface area contributed by atoms with Crippen molar-refractivity contribution in [3.63, 3.8) is 0 Å². The Hall–Kier alpha value is -3.89. The Morgan fingerprint density at radius 3 is 2.27 bits per heavy atom. The van der Waals surface area contributed by atoms with Gasteiger partial charge in [0.15, 0.2) is 11.6 Å². The van der Waals surface area contributed by atoms with E-state index >= 15 is 0 Å². The van der Waals surface area contributed by atoms with Gasteiger partial charge in [-0.05, 0) is 29.8 Å². The summed E-state index contributed by atoms with van der Waals surface area (Å²) in [7, 11) is 0. The van der Waals surface area contributed by atoms with Crippen molar-refractivity contribution in [1.82, 2.24) is 0 Å². The largest absolute Gasteiger partial charge is 0.456 e. The average molecular weight is 341 g/mol. The van der Waals surface area contributed by atoms with Gasteiger partial charge >= 0.3 is 0 Å². The third kappa shape index (κ3) is 2.42. The molecule has 0 amide bonds. The van der Waals surface area contributed by atoms with E-state index in [0.717, 1.165) is 0 Å². The number of fused-ring (bicyclic) bond motifs is 2. The van der Waals surface area contributed by atoms with Crippen LogP contribution in [0.5, 0.6) is 5.75 Å². The highest BCUT2D eigenvalue weighted by Crippen LogP contribution is 2.39. The highest BCUT2D eigenvalue weighted by molar-refractivity contribution is 6.30. The van der Waals surface area contributed by atoms with E-state index in [1.807, 2.05) is 18.2 Å². The lowest BCUT2D eigenvalue weighted by Gasteiger charge is -2.25. The van der Waals surface area contributed by atoms with E-state index in [-0.39, 0.29) is 28.4 Å². The number of rotatable bonds is 3. The molecule has 6 nitrogen and oxygen atoms in total. The number of Topliss-reactive ketones (excluding diaryl/α,β-unsaturated/α-hetero) is 2. The van der Waals surface area contributed by atoms with Crippen LogP contribution in [0.25, 0.3) is 16.2 Å². The van der Waals surface area contributed by atoms with Crippen LogP contribution in [0.4, 0.5) is 0 Å². The van der Waals surface area contributed by atoms with Crippen molar-refractivity contribution in [3.8, 4) is 5.75 Å². The first-order valence-electron chi connectivity index (χ1n) is 7.84. The molecule has 0 N–H and O–H groups in total. The number of hydrogen-bond acceptors (Lipinski definition) is 4. The van der Waals surface area contributed by atoms with Crippen LogP contribution in [0.3, 0.4) is 0 Å². The fourth-order valence-corrected chi connectivity index (χ4v) is 2.98. The number of carbonyl (C=O) groups is 2. The molecule has 4 rings (SSSR count). The molecule has 0 heterocycles. The zero-order chi connectivity index (χ0) is 18.1. The molecule has 0 aliphatic heterocycles. The minimum absolute atomic E-state index is 0.0763. The monoisotopic (exact) mass is 341 g/mol. The van der Waals surface area contributed by atoms with Crippen molar-refractivity contribution in [2.24, 2.45) is 5.11 Å². The molecule has 0 saturated carbocycles. The Morgan fingerprint density at radius 2 is 1.54 bits per heavy atom. The normalized spacial score (nSPS) is 15.4. The standard InChI is InChI=1S/C20H11N3O3/c21-23-22-16-11-10-15-17(19(16)25)20(26-12-6-2-1-3-7-12)14-9-5-4-8-13(14)18(15)24/h1-11H. The molecule has 124 valence electrons. The van der Waals surface area contributed by atoms with Crippen molar-refractivity contribution in [1.29, 1.82) is 0 Å². The number of hydrogen-bond donors (Lipinski definition) is 0. The minimum atomic E-state index is -0.533. The number of azide groups is 1. The molecule has 0 unspecified atom stereocenters. The highest BCUT2D eigenvalue weighted by Gasteiger charge is 2.36. The van der Waals surface area contributed by atoms with Gasteiger partial charge in [0.2, 0.25) is 0 Å². The molecule has 2 aliphatic carbocycles. The van der Waals surface area contributed by atoms with Gasteiger partial charge in [-0.2, -0.15) is 0 Å². The molecule has 0 radical (unpaired) electrons. The van der Waals surface area contributed by atoms with E-state index in [2.05, 4.69) is 10.0 Å². The van der Waals surface area contributed by atoms with Gasteiger partial charge in [0.05, 0.1) is 11.3 Å². The Labute approximate surface area is 148 Å². The molecule has 0 fully saturated rings. The Bertz CT molecular complexity index is 1090. The van der Waals surface area contributed by atoms with Gasteiger partial charge in [-0.25, -0.2) is 0 Å². The number of para-hydroxylation sites is 1.